The van der Waals surface area contributed by atoms with Crippen molar-refractivity contribution < 1.29 is 13.2 Å². The van der Waals surface area contributed by atoms with E-state index in [0.717, 1.165) is 27.7 Å². The zero-order chi connectivity index (χ0) is 23.5. The highest BCUT2D eigenvalue weighted by Crippen LogP contribution is 2.31. The van der Waals surface area contributed by atoms with Crippen molar-refractivity contribution >= 4 is 49.4 Å². The minimum atomic E-state index is -3.52. The van der Waals surface area contributed by atoms with Gasteiger partial charge in [0.25, 0.3) is 0 Å². The minimum absolute atomic E-state index is 0.114. The summed E-state index contributed by atoms with van der Waals surface area (Å²) in [5, 5.41) is 7.72. The Labute approximate surface area is 202 Å². The molecule has 0 aliphatic carbocycles. The number of carbonyl (C=O) groups excluding carboxylic acids is 1. The van der Waals surface area contributed by atoms with Crippen LogP contribution in [0.4, 0.5) is 5.13 Å². The smallest absolute Gasteiger partial charge is 0.236 e. The fraction of sp³-hybridized carbons (Fsp3) is 0.200. The van der Waals surface area contributed by atoms with Crippen molar-refractivity contribution in [2.45, 2.75) is 12.8 Å². The largest absolute Gasteiger partial charge is 0.360 e. The minimum Gasteiger partial charge on any atom is -0.360 e. The molecule has 0 unspecified atom stereocenters. The number of H-pyrrole nitrogens is 1. The van der Waals surface area contributed by atoms with E-state index < -0.39 is 10.0 Å². The van der Waals surface area contributed by atoms with Crippen LogP contribution in [0, 0.1) is 5.92 Å². The molecule has 7 nitrogen and oxygen atoms in total. The third-order valence-electron chi connectivity index (χ3n) is 6.02. The highest BCUT2D eigenvalue weighted by atomic mass is 32.2. The normalized spacial score (nSPS) is 15.8. The fourth-order valence-electron chi connectivity index (χ4n) is 4.13. The number of aromatic nitrogens is 2. The van der Waals surface area contributed by atoms with E-state index in [1.165, 1.54) is 21.1 Å². The van der Waals surface area contributed by atoms with Gasteiger partial charge in [0.05, 0.1) is 5.69 Å². The average Bonchev–Trinajstić information content (AvgIpc) is 3.50. The Hall–Kier alpha value is -3.27. The number of anilines is 1. The van der Waals surface area contributed by atoms with Crippen LogP contribution in [0.2, 0.25) is 0 Å². The van der Waals surface area contributed by atoms with Gasteiger partial charge in [-0.3, -0.25) is 4.79 Å². The van der Waals surface area contributed by atoms with E-state index >= 15 is 0 Å². The van der Waals surface area contributed by atoms with Gasteiger partial charge in [-0.05, 0) is 30.5 Å². The molecule has 0 spiro atoms. The van der Waals surface area contributed by atoms with E-state index in [1.54, 1.807) is 6.08 Å². The quantitative estimate of drug-likeness (QED) is 0.398. The molecule has 0 radical (unpaired) electrons. The van der Waals surface area contributed by atoms with Gasteiger partial charge in [-0.2, -0.15) is 4.31 Å². The molecule has 1 aliphatic heterocycles. The Morgan fingerprint density at radius 3 is 2.62 bits per heavy atom. The SMILES string of the molecule is O=C(Nc1nc(-c2c[nH]c3ccccc23)cs1)C1CCN(S(=O)(=O)C=Cc2ccccc2)CC1. The fourth-order valence-corrected chi connectivity index (χ4v) is 6.07. The highest BCUT2D eigenvalue weighted by molar-refractivity contribution is 7.92. The lowest BCUT2D eigenvalue weighted by Crippen LogP contribution is -2.40. The standard InChI is InChI=1S/C25H24N4O3S2/c30-24(28-25-27-23(17-33-25)21-16-26-22-9-5-4-8-20(21)22)19-10-13-29(14-11-19)34(31,32)15-12-18-6-2-1-3-7-18/h1-9,12,15-17,19,26H,10-11,13-14H2,(H,27,28,30). The van der Waals surface area contributed by atoms with Crippen LogP contribution in [0.15, 0.2) is 71.6 Å². The van der Waals surface area contributed by atoms with E-state index in [1.807, 2.05) is 66.2 Å². The summed E-state index contributed by atoms with van der Waals surface area (Å²) >= 11 is 1.39. The summed E-state index contributed by atoms with van der Waals surface area (Å²) in [6, 6.07) is 17.3. The van der Waals surface area contributed by atoms with Crippen molar-refractivity contribution in [2.24, 2.45) is 5.92 Å². The summed E-state index contributed by atoms with van der Waals surface area (Å²) in [5.74, 6) is -0.360. The predicted molar refractivity (Wildman–Crippen MR) is 137 cm³/mol. The molecule has 0 bridgehead atoms. The molecule has 1 aliphatic rings. The number of piperidine rings is 1. The molecule has 3 heterocycles. The average molecular weight is 493 g/mol. The van der Waals surface area contributed by atoms with Crippen LogP contribution in [0.5, 0.6) is 0 Å². The number of para-hydroxylation sites is 1. The predicted octanol–water partition coefficient (Wildman–Crippen LogP) is 4.94. The van der Waals surface area contributed by atoms with Gasteiger partial charge >= 0.3 is 0 Å². The first-order chi connectivity index (χ1) is 16.5. The van der Waals surface area contributed by atoms with Crippen LogP contribution < -0.4 is 5.32 Å². The molecule has 2 aromatic carbocycles. The van der Waals surface area contributed by atoms with Gasteiger partial charge in [0.15, 0.2) is 5.13 Å². The second-order valence-corrected chi connectivity index (χ2v) is 10.9. The Morgan fingerprint density at radius 1 is 1.09 bits per heavy atom. The van der Waals surface area contributed by atoms with Gasteiger partial charge in [0, 0.05) is 52.5 Å². The second-order valence-electron chi connectivity index (χ2n) is 8.21. The molecule has 34 heavy (non-hydrogen) atoms. The van der Waals surface area contributed by atoms with Gasteiger partial charge in [0.1, 0.15) is 0 Å². The van der Waals surface area contributed by atoms with Crippen molar-refractivity contribution in [1.82, 2.24) is 14.3 Å². The molecule has 4 aromatic rings. The highest BCUT2D eigenvalue weighted by Gasteiger charge is 2.30. The Kier molecular flexibility index (Phi) is 6.32. The number of benzene rings is 2. The van der Waals surface area contributed by atoms with Gasteiger partial charge in [-0.1, -0.05) is 48.5 Å². The van der Waals surface area contributed by atoms with Crippen LogP contribution in [0.3, 0.4) is 0 Å². The topological polar surface area (TPSA) is 95.2 Å². The number of nitrogens with zero attached hydrogens (tertiary/aromatic N) is 2. The number of amides is 1. The summed E-state index contributed by atoms with van der Waals surface area (Å²) in [6.07, 6.45) is 4.48. The van der Waals surface area contributed by atoms with Crippen molar-refractivity contribution in [2.75, 3.05) is 18.4 Å². The maximum absolute atomic E-state index is 12.8. The molecule has 9 heteroatoms. The summed E-state index contributed by atoms with van der Waals surface area (Å²) in [5.41, 5.74) is 3.67. The lowest BCUT2D eigenvalue weighted by molar-refractivity contribution is -0.120. The first-order valence-corrected chi connectivity index (χ1v) is 13.4. The molecule has 0 saturated carbocycles. The first-order valence-electron chi connectivity index (χ1n) is 11.1. The summed E-state index contributed by atoms with van der Waals surface area (Å²) in [4.78, 5) is 20.6. The second kappa shape index (κ2) is 9.54. The monoisotopic (exact) mass is 492 g/mol. The van der Waals surface area contributed by atoms with Crippen molar-refractivity contribution in [3.05, 3.63) is 77.1 Å². The molecule has 2 aromatic heterocycles. The summed E-state index contributed by atoms with van der Waals surface area (Å²) in [6.45, 7) is 0.635. The molecule has 1 saturated heterocycles. The Bertz CT molecular complexity index is 1430. The number of thiazole rings is 1. The number of rotatable bonds is 6. The molecule has 2 N–H and O–H groups in total. The molecule has 0 atom stereocenters. The summed E-state index contributed by atoms with van der Waals surface area (Å²) in [7, 11) is -3.52. The Morgan fingerprint density at radius 2 is 1.82 bits per heavy atom. The van der Waals surface area contributed by atoms with E-state index in [4.69, 9.17) is 0 Å². The molecule has 174 valence electrons. The van der Waals surface area contributed by atoms with Crippen LogP contribution in [0.1, 0.15) is 18.4 Å². The maximum atomic E-state index is 12.8. The number of hydrogen-bond donors (Lipinski definition) is 2. The molecular weight excluding hydrogens is 468 g/mol. The van der Waals surface area contributed by atoms with Crippen molar-refractivity contribution in [3.8, 4) is 11.3 Å². The molecule has 5 rings (SSSR count). The van der Waals surface area contributed by atoms with Gasteiger partial charge in [0.2, 0.25) is 15.9 Å². The number of hydrogen-bond acceptors (Lipinski definition) is 5. The first kappa shape index (κ1) is 22.5. The van der Waals surface area contributed by atoms with E-state index in [9.17, 15) is 13.2 Å². The lowest BCUT2D eigenvalue weighted by atomic mass is 9.97. The number of nitrogens with one attached hydrogen (secondary N) is 2. The zero-order valence-corrected chi connectivity index (χ0v) is 20.0. The Balaban J connectivity index is 1.19. The van der Waals surface area contributed by atoms with Gasteiger partial charge in [-0.15, -0.1) is 11.3 Å². The number of fused-ring (bicyclic) bond motifs is 1. The number of carbonyl (C=O) groups is 1. The number of sulfonamides is 1. The van der Waals surface area contributed by atoms with E-state index in [0.29, 0.717) is 31.1 Å². The number of aromatic amines is 1. The lowest BCUT2D eigenvalue weighted by Gasteiger charge is -2.29. The van der Waals surface area contributed by atoms with Crippen molar-refractivity contribution in [3.63, 3.8) is 0 Å². The van der Waals surface area contributed by atoms with Crippen LogP contribution in [-0.2, 0) is 14.8 Å². The van der Waals surface area contributed by atoms with Crippen molar-refractivity contribution in [1.29, 1.82) is 0 Å². The third kappa shape index (κ3) is 4.82. The molecule has 1 amide bonds. The van der Waals surface area contributed by atoms with Gasteiger partial charge in [-0.25, -0.2) is 13.4 Å². The van der Waals surface area contributed by atoms with Crippen LogP contribution >= 0.6 is 11.3 Å². The van der Waals surface area contributed by atoms with Crippen LogP contribution in [-0.4, -0.2) is 41.7 Å². The van der Waals surface area contributed by atoms with Gasteiger partial charge < -0.3 is 10.3 Å². The van der Waals surface area contributed by atoms with E-state index in [-0.39, 0.29) is 11.8 Å². The van der Waals surface area contributed by atoms with E-state index in [2.05, 4.69) is 15.3 Å². The third-order valence-corrected chi connectivity index (χ3v) is 8.34. The summed E-state index contributed by atoms with van der Waals surface area (Å²) < 4.78 is 26.8. The maximum Gasteiger partial charge on any atom is 0.236 e. The van der Waals surface area contributed by atoms with Crippen LogP contribution in [0.25, 0.3) is 28.2 Å². The molecular formula is C25H24N4O3S2. The molecule has 1 fully saturated rings. The zero-order valence-electron chi connectivity index (χ0n) is 18.3.